The number of aryl methyl sites for hydroxylation is 2. The molecule has 0 aliphatic carbocycles. The van der Waals surface area contributed by atoms with Crippen molar-refractivity contribution in [1.29, 1.82) is 0 Å². The average Bonchev–Trinajstić information content (AvgIpc) is 2.83. The lowest BCUT2D eigenvalue weighted by Crippen LogP contribution is -2.22. The van der Waals surface area contributed by atoms with E-state index in [2.05, 4.69) is 55.2 Å². The van der Waals surface area contributed by atoms with Crippen molar-refractivity contribution < 1.29 is 5.11 Å². The fraction of sp³-hybridized carbons (Fsp3) is 0.185. The van der Waals surface area contributed by atoms with Crippen molar-refractivity contribution in [2.45, 2.75) is 37.6 Å². The lowest BCUT2D eigenvalue weighted by molar-refractivity contribution is 0.440. The van der Waals surface area contributed by atoms with E-state index in [-0.39, 0.29) is 11.4 Å². The summed E-state index contributed by atoms with van der Waals surface area (Å²) >= 11 is 1.46. The van der Waals surface area contributed by atoms with E-state index in [1.165, 1.54) is 23.4 Å². The molecule has 32 heavy (non-hydrogen) atoms. The Labute approximate surface area is 192 Å². The molecule has 0 fully saturated rings. The van der Waals surface area contributed by atoms with Crippen LogP contribution in [0.2, 0.25) is 0 Å². The number of hydrogen-bond donors (Lipinski definition) is 1. The molecular weight excluding hydrogens is 416 g/mol. The van der Waals surface area contributed by atoms with Crippen LogP contribution in [0.5, 0.6) is 5.88 Å². The predicted octanol–water partition coefficient (Wildman–Crippen LogP) is 6.02. The largest absolute Gasteiger partial charge is 0.493 e. The second-order valence-corrected chi connectivity index (χ2v) is 8.50. The first kappa shape index (κ1) is 21.9. The highest BCUT2D eigenvalue weighted by Crippen LogP contribution is 2.29. The first-order valence-corrected chi connectivity index (χ1v) is 11.8. The van der Waals surface area contributed by atoms with E-state index in [1.54, 1.807) is 4.57 Å². The van der Waals surface area contributed by atoms with Gasteiger partial charge >= 0.3 is 0 Å². The molecule has 0 aliphatic rings. The normalized spacial score (nSPS) is 10.9. The van der Waals surface area contributed by atoms with E-state index in [4.69, 9.17) is 0 Å². The van der Waals surface area contributed by atoms with Crippen LogP contribution < -0.4 is 5.56 Å². The smallest absolute Gasteiger partial charge is 0.262 e. The Balaban J connectivity index is 1.67. The minimum Gasteiger partial charge on any atom is -0.493 e. The summed E-state index contributed by atoms with van der Waals surface area (Å²) in [5.41, 5.74) is 6.26. The highest BCUT2D eigenvalue weighted by molar-refractivity contribution is 7.98. The lowest BCUT2D eigenvalue weighted by atomic mass is 10.0. The minimum absolute atomic E-state index is 0.250. The molecule has 4 rings (SSSR count). The van der Waals surface area contributed by atoms with Gasteiger partial charge in [-0.05, 0) is 40.7 Å². The van der Waals surface area contributed by atoms with Crippen molar-refractivity contribution in [3.05, 3.63) is 106 Å². The second kappa shape index (κ2) is 9.88. The topological polar surface area (TPSA) is 55.1 Å². The zero-order chi connectivity index (χ0) is 22.5. The van der Waals surface area contributed by atoms with E-state index >= 15 is 0 Å². The van der Waals surface area contributed by atoms with Crippen molar-refractivity contribution in [1.82, 2.24) is 9.55 Å². The van der Waals surface area contributed by atoms with Gasteiger partial charge in [0.1, 0.15) is 0 Å². The van der Waals surface area contributed by atoms with Gasteiger partial charge in [-0.2, -0.15) is 4.98 Å². The maximum Gasteiger partial charge on any atom is 0.262 e. The molecule has 0 bridgehead atoms. The van der Waals surface area contributed by atoms with Crippen LogP contribution in [0, 0.1) is 0 Å². The van der Waals surface area contributed by atoms with Crippen LogP contribution in [0.1, 0.15) is 30.5 Å². The van der Waals surface area contributed by atoms with Gasteiger partial charge in [0.15, 0.2) is 5.16 Å². The molecule has 3 aromatic carbocycles. The number of nitrogens with zero attached hydrogens (tertiary/aromatic N) is 2. The fourth-order valence-corrected chi connectivity index (χ4v) is 4.78. The third-order valence-corrected chi connectivity index (χ3v) is 6.50. The minimum atomic E-state index is -0.268. The van der Waals surface area contributed by atoms with Crippen molar-refractivity contribution in [2.75, 3.05) is 0 Å². The van der Waals surface area contributed by atoms with Gasteiger partial charge in [0.25, 0.3) is 5.56 Å². The molecule has 1 heterocycles. The summed E-state index contributed by atoms with van der Waals surface area (Å²) in [4.78, 5) is 17.3. The number of thioether (sulfide) groups is 1. The third kappa shape index (κ3) is 4.63. The van der Waals surface area contributed by atoms with E-state index < -0.39 is 0 Å². The Morgan fingerprint density at radius 2 is 1.47 bits per heavy atom. The zero-order valence-corrected chi connectivity index (χ0v) is 19.1. The second-order valence-electron chi connectivity index (χ2n) is 7.55. The molecule has 0 unspecified atom stereocenters. The van der Waals surface area contributed by atoms with E-state index in [1.807, 2.05) is 36.4 Å². The van der Waals surface area contributed by atoms with Crippen LogP contribution in [0.15, 0.2) is 88.8 Å². The SMILES string of the molecule is CCc1cccc(CC)c1-n1c(SCc2ccc(-c3ccccc3)cc2)nc(O)cc1=O. The summed E-state index contributed by atoms with van der Waals surface area (Å²) in [5, 5.41) is 10.5. The molecule has 0 aliphatic heterocycles. The molecule has 0 spiro atoms. The Kier molecular flexibility index (Phi) is 6.76. The van der Waals surface area contributed by atoms with Gasteiger partial charge in [0.2, 0.25) is 5.88 Å². The Morgan fingerprint density at radius 1 is 0.844 bits per heavy atom. The first-order chi connectivity index (χ1) is 15.6. The average molecular weight is 443 g/mol. The van der Waals surface area contributed by atoms with Crippen molar-refractivity contribution in [2.24, 2.45) is 0 Å². The van der Waals surface area contributed by atoms with Gasteiger partial charge in [-0.1, -0.05) is 98.4 Å². The van der Waals surface area contributed by atoms with Gasteiger partial charge < -0.3 is 5.11 Å². The zero-order valence-electron chi connectivity index (χ0n) is 18.3. The summed E-state index contributed by atoms with van der Waals surface area (Å²) in [6.45, 7) is 4.16. The van der Waals surface area contributed by atoms with Crippen molar-refractivity contribution in [3.8, 4) is 22.7 Å². The van der Waals surface area contributed by atoms with Crippen molar-refractivity contribution in [3.63, 3.8) is 0 Å². The van der Waals surface area contributed by atoms with Crippen molar-refractivity contribution >= 4 is 11.8 Å². The highest BCUT2D eigenvalue weighted by atomic mass is 32.2. The number of aromatic hydroxyl groups is 1. The number of para-hydroxylation sites is 1. The van der Waals surface area contributed by atoms with Gasteiger partial charge in [-0.25, -0.2) is 0 Å². The van der Waals surface area contributed by atoms with E-state index in [9.17, 15) is 9.90 Å². The van der Waals surface area contributed by atoms with Crippen LogP contribution in [0.3, 0.4) is 0 Å². The molecule has 1 N–H and O–H groups in total. The maximum atomic E-state index is 13.0. The number of aromatic nitrogens is 2. The quantitative estimate of drug-likeness (QED) is 0.281. The summed E-state index contributed by atoms with van der Waals surface area (Å²) in [7, 11) is 0. The van der Waals surface area contributed by atoms with Crippen LogP contribution in [-0.2, 0) is 18.6 Å². The molecule has 0 radical (unpaired) electrons. The van der Waals surface area contributed by atoms with Crippen LogP contribution in [0.25, 0.3) is 16.8 Å². The van der Waals surface area contributed by atoms with Gasteiger partial charge in [0.05, 0.1) is 11.8 Å². The summed E-state index contributed by atoms with van der Waals surface area (Å²) in [6, 6.07) is 26.0. The number of hydrogen-bond acceptors (Lipinski definition) is 4. The Hall–Kier alpha value is -3.31. The Morgan fingerprint density at radius 3 is 2.09 bits per heavy atom. The molecule has 4 aromatic rings. The maximum absolute atomic E-state index is 13.0. The third-order valence-electron chi connectivity index (χ3n) is 5.49. The summed E-state index contributed by atoms with van der Waals surface area (Å²) < 4.78 is 1.65. The molecule has 0 amide bonds. The van der Waals surface area contributed by atoms with E-state index in [0.29, 0.717) is 10.9 Å². The molecule has 0 saturated heterocycles. The standard InChI is InChI=1S/C27H26N2O2S/c1-3-20-11-8-12-21(4-2)26(20)29-25(31)17-24(30)28-27(29)32-18-19-13-15-23(16-14-19)22-9-6-5-7-10-22/h5-17,30H,3-4,18H2,1-2H3. The molecule has 5 heteroatoms. The highest BCUT2D eigenvalue weighted by Gasteiger charge is 2.17. The van der Waals surface area contributed by atoms with Gasteiger partial charge in [0, 0.05) is 5.75 Å². The number of rotatable bonds is 7. The summed E-state index contributed by atoms with van der Waals surface area (Å²) in [5.74, 6) is 0.390. The van der Waals surface area contributed by atoms with Crippen LogP contribution >= 0.6 is 11.8 Å². The lowest BCUT2D eigenvalue weighted by Gasteiger charge is -2.18. The van der Waals surface area contributed by atoms with Gasteiger partial charge in [-0.15, -0.1) is 0 Å². The molecule has 4 nitrogen and oxygen atoms in total. The molecule has 0 atom stereocenters. The van der Waals surface area contributed by atoms with Crippen LogP contribution in [-0.4, -0.2) is 14.7 Å². The van der Waals surface area contributed by atoms with E-state index in [0.717, 1.165) is 40.8 Å². The fourth-order valence-electron chi connectivity index (χ4n) is 3.83. The predicted molar refractivity (Wildman–Crippen MR) is 132 cm³/mol. The number of benzene rings is 3. The Bertz CT molecular complexity index is 1240. The molecule has 0 saturated carbocycles. The molecular formula is C27H26N2O2S. The monoisotopic (exact) mass is 442 g/mol. The van der Waals surface area contributed by atoms with Crippen LogP contribution in [0.4, 0.5) is 0 Å². The molecule has 162 valence electrons. The first-order valence-electron chi connectivity index (χ1n) is 10.8. The molecule has 1 aromatic heterocycles. The van der Waals surface area contributed by atoms with Gasteiger partial charge in [-0.3, -0.25) is 9.36 Å². The summed E-state index contributed by atoms with van der Waals surface area (Å²) in [6.07, 6.45) is 1.61.